The lowest BCUT2D eigenvalue weighted by Gasteiger charge is -2.01. The third-order valence-electron chi connectivity index (χ3n) is 2.32. The second-order valence-corrected chi connectivity index (χ2v) is 3.60. The van der Waals surface area contributed by atoms with Crippen molar-refractivity contribution in [1.29, 1.82) is 0 Å². The number of rotatable bonds is 1. The van der Waals surface area contributed by atoms with Crippen LogP contribution in [-0.2, 0) is 0 Å². The van der Waals surface area contributed by atoms with Crippen LogP contribution in [0.25, 0.3) is 11.0 Å². The molecule has 13 heavy (non-hydrogen) atoms. The first kappa shape index (κ1) is 8.23. The van der Waals surface area contributed by atoms with E-state index in [1.165, 1.54) is 11.3 Å². The summed E-state index contributed by atoms with van der Waals surface area (Å²) < 4.78 is 0. The lowest BCUT2D eigenvalue weighted by Crippen LogP contribution is -1.89. The third-order valence-corrected chi connectivity index (χ3v) is 2.32. The molecule has 1 N–H and O–H groups in total. The van der Waals surface area contributed by atoms with Crippen LogP contribution in [0.5, 0.6) is 0 Å². The molecule has 68 valence electrons. The van der Waals surface area contributed by atoms with Gasteiger partial charge < -0.3 is 4.98 Å². The van der Waals surface area contributed by atoms with Crippen LogP contribution in [-0.4, -0.2) is 15.0 Å². The lowest BCUT2D eigenvalue weighted by atomic mass is 10.1. The van der Waals surface area contributed by atoms with Crippen molar-refractivity contribution >= 4 is 11.0 Å². The van der Waals surface area contributed by atoms with Crippen molar-refractivity contribution in [3.8, 4) is 0 Å². The maximum atomic E-state index is 4.24. The van der Waals surface area contributed by atoms with Gasteiger partial charge >= 0.3 is 0 Å². The summed E-state index contributed by atoms with van der Waals surface area (Å²) in [5.74, 6) is 0.509. The van der Waals surface area contributed by atoms with Gasteiger partial charge in [-0.2, -0.15) is 0 Å². The van der Waals surface area contributed by atoms with Crippen molar-refractivity contribution in [2.45, 2.75) is 26.7 Å². The summed E-state index contributed by atoms with van der Waals surface area (Å²) in [7, 11) is 0. The number of nitrogens with zero attached hydrogens (tertiary/aromatic N) is 2. The van der Waals surface area contributed by atoms with Crippen LogP contribution in [0.15, 0.2) is 12.5 Å². The van der Waals surface area contributed by atoms with E-state index in [1.807, 2.05) is 6.20 Å². The summed E-state index contributed by atoms with van der Waals surface area (Å²) in [6.45, 7) is 6.44. The van der Waals surface area contributed by atoms with Gasteiger partial charge in [0.1, 0.15) is 6.33 Å². The van der Waals surface area contributed by atoms with Crippen molar-refractivity contribution in [2.75, 3.05) is 0 Å². The third kappa shape index (κ3) is 1.20. The van der Waals surface area contributed by atoms with Gasteiger partial charge in [-0.25, -0.2) is 9.97 Å². The molecule has 0 atom stereocenters. The zero-order chi connectivity index (χ0) is 9.42. The van der Waals surface area contributed by atoms with Crippen LogP contribution < -0.4 is 0 Å². The number of aromatic nitrogens is 3. The van der Waals surface area contributed by atoms with E-state index in [1.54, 1.807) is 6.33 Å². The van der Waals surface area contributed by atoms with E-state index < -0.39 is 0 Å². The highest BCUT2D eigenvalue weighted by Crippen LogP contribution is 2.24. The summed E-state index contributed by atoms with van der Waals surface area (Å²) in [5.41, 5.74) is 4.57. The molecule has 0 unspecified atom stereocenters. The van der Waals surface area contributed by atoms with Gasteiger partial charge in [0, 0.05) is 5.69 Å². The van der Waals surface area contributed by atoms with Gasteiger partial charge in [-0.15, -0.1) is 0 Å². The highest BCUT2D eigenvalue weighted by molar-refractivity contribution is 5.79. The maximum absolute atomic E-state index is 4.24. The van der Waals surface area contributed by atoms with Gasteiger partial charge in [0.15, 0.2) is 0 Å². The number of H-pyrrole nitrogens is 1. The molecule has 2 heterocycles. The van der Waals surface area contributed by atoms with E-state index in [0.29, 0.717) is 5.92 Å². The van der Waals surface area contributed by atoms with Gasteiger partial charge in [-0.05, 0) is 18.4 Å². The number of hydrogen-bond donors (Lipinski definition) is 1. The number of hydrogen-bond acceptors (Lipinski definition) is 2. The minimum Gasteiger partial charge on any atom is -0.355 e. The Hall–Kier alpha value is -1.38. The van der Waals surface area contributed by atoms with Crippen molar-refractivity contribution in [3.05, 3.63) is 23.8 Å². The first-order valence-corrected chi connectivity index (χ1v) is 4.48. The summed E-state index contributed by atoms with van der Waals surface area (Å²) >= 11 is 0. The molecule has 0 aromatic carbocycles. The first-order valence-electron chi connectivity index (χ1n) is 4.48. The molecule has 0 saturated heterocycles. The van der Waals surface area contributed by atoms with E-state index >= 15 is 0 Å². The Morgan fingerprint density at radius 2 is 2.15 bits per heavy atom. The minimum absolute atomic E-state index is 0.509. The normalized spacial score (nSPS) is 11.4. The van der Waals surface area contributed by atoms with E-state index in [4.69, 9.17) is 0 Å². The molecule has 2 rings (SSSR count). The molecule has 0 radical (unpaired) electrons. The Bertz CT molecular complexity index is 429. The van der Waals surface area contributed by atoms with Crippen molar-refractivity contribution in [2.24, 2.45) is 0 Å². The van der Waals surface area contributed by atoms with Crippen molar-refractivity contribution < 1.29 is 0 Å². The Morgan fingerprint density at radius 3 is 2.77 bits per heavy atom. The van der Waals surface area contributed by atoms with E-state index in [-0.39, 0.29) is 0 Å². The van der Waals surface area contributed by atoms with Gasteiger partial charge in [0.2, 0.25) is 0 Å². The highest BCUT2D eigenvalue weighted by Gasteiger charge is 2.10. The van der Waals surface area contributed by atoms with Crippen molar-refractivity contribution in [3.63, 3.8) is 0 Å². The average molecular weight is 175 g/mol. The largest absolute Gasteiger partial charge is 0.355 e. The van der Waals surface area contributed by atoms with E-state index in [2.05, 4.69) is 35.7 Å². The molecule has 0 bridgehead atoms. The van der Waals surface area contributed by atoms with Crippen LogP contribution in [0, 0.1) is 6.92 Å². The van der Waals surface area contributed by atoms with Crippen LogP contribution in [0.1, 0.15) is 31.0 Å². The summed E-state index contributed by atoms with van der Waals surface area (Å²) in [4.78, 5) is 11.6. The fourth-order valence-corrected chi connectivity index (χ4v) is 1.66. The monoisotopic (exact) mass is 175 g/mol. The van der Waals surface area contributed by atoms with Crippen LogP contribution in [0.2, 0.25) is 0 Å². The highest BCUT2D eigenvalue weighted by atomic mass is 14.9. The fraction of sp³-hybridized carbons (Fsp3) is 0.400. The molecular weight excluding hydrogens is 162 g/mol. The molecule has 3 heteroatoms. The van der Waals surface area contributed by atoms with Crippen LogP contribution in [0.3, 0.4) is 0 Å². The molecule has 0 aliphatic heterocycles. The standard InChI is InChI=1S/C10H13N3/c1-6(2)9-7(3)10-8(13-9)4-11-5-12-10/h4-6,13H,1-3H3. The quantitative estimate of drug-likeness (QED) is 0.723. The summed E-state index contributed by atoms with van der Waals surface area (Å²) in [6.07, 6.45) is 3.41. The smallest absolute Gasteiger partial charge is 0.116 e. The molecule has 0 amide bonds. The topological polar surface area (TPSA) is 41.6 Å². The summed E-state index contributed by atoms with van der Waals surface area (Å²) in [6, 6.07) is 0. The number of fused-ring (bicyclic) bond motifs is 1. The Kier molecular flexibility index (Phi) is 1.79. The Morgan fingerprint density at radius 1 is 1.38 bits per heavy atom. The molecule has 0 aliphatic carbocycles. The molecule has 0 spiro atoms. The summed E-state index contributed by atoms with van der Waals surface area (Å²) in [5, 5.41) is 0. The lowest BCUT2D eigenvalue weighted by molar-refractivity contribution is 0.827. The van der Waals surface area contributed by atoms with Gasteiger partial charge in [0.25, 0.3) is 0 Å². The van der Waals surface area contributed by atoms with E-state index in [0.717, 1.165) is 11.0 Å². The fourth-order valence-electron chi connectivity index (χ4n) is 1.66. The van der Waals surface area contributed by atoms with Gasteiger partial charge in [-0.1, -0.05) is 13.8 Å². The molecule has 2 aromatic rings. The zero-order valence-electron chi connectivity index (χ0n) is 8.13. The Balaban J connectivity index is 2.74. The SMILES string of the molecule is Cc1c(C(C)C)[nH]c2cncnc12. The molecule has 3 nitrogen and oxygen atoms in total. The first-order chi connectivity index (χ1) is 6.20. The molecular formula is C10H13N3. The van der Waals surface area contributed by atoms with Gasteiger partial charge in [0.05, 0.1) is 17.2 Å². The number of nitrogens with one attached hydrogen (secondary N) is 1. The van der Waals surface area contributed by atoms with Gasteiger partial charge in [-0.3, -0.25) is 0 Å². The molecule has 0 fully saturated rings. The predicted octanol–water partition coefficient (Wildman–Crippen LogP) is 2.39. The van der Waals surface area contributed by atoms with Crippen LogP contribution in [0.4, 0.5) is 0 Å². The second-order valence-electron chi connectivity index (χ2n) is 3.60. The van der Waals surface area contributed by atoms with Crippen LogP contribution >= 0.6 is 0 Å². The molecule has 2 aromatic heterocycles. The number of aromatic amines is 1. The maximum Gasteiger partial charge on any atom is 0.116 e. The molecule has 0 aliphatic rings. The zero-order valence-corrected chi connectivity index (χ0v) is 8.13. The van der Waals surface area contributed by atoms with Crippen molar-refractivity contribution in [1.82, 2.24) is 15.0 Å². The minimum atomic E-state index is 0.509. The average Bonchev–Trinajstić information content (AvgIpc) is 2.45. The second kappa shape index (κ2) is 2.83. The number of aryl methyl sites for hydroxylation is 1. The molecule has 0 saturated carbocycles. The Labute approximate surface area is 77.2 Å². The van der Waals surface area contributed by atoms with E-state index in [9.17, 15) is 0 Å². The predicted molar refractivity (Wildman–Crippen MR) is 52.7 cm³/mol.